The number of nitrogens with two attached hydrogens (primary N) is 1. The summed E-state index contributed by atoms with van der Waals surface area (Å²) < 4.78 is 11.2. The van der Waals surface area contributed by atoms with E-state index in [-0.39, 0.29) is 18.1 Å². The lowest BCUT2D eigenvalue weighted by atomic mass is 10.00. The molecule has 2 atom stereocenters. The molecule has 0 spiro atoms. The average Bonchev–Trinajstić information content (AvgIpc) is 3.19. The Hall–Kier alpha value is -2.23. The summed E-state index contributed by atoms with van der Waals surface area (Å²) in [7, 11) is 3.15. The Labute approximate surface area is 174 Å². The van der Waals surface area contributed by atoms with Crippen LogP contribution in [0.4, 0.5) is 10.5 Å². The van der Waals surface area contributed by atoms with E-state index in [1.807, 2.05) is 0 Å². The summed E-state index contributed by atoms with van der Waals surface area (Å²) in [4.78, 5) is 27.3. The average molecular weight is 427 g/mol. The number of anilines is 1. The number of carbonyl (C=O) groups excluding carboxylic acids is 1. The van der Waals surface area contributed by atoms with Gasteiger partial charge in [-0.25, -0.2) is 4.79 Å². The Morgan fingerprint density at radius 1 is 1.52 bits per heavy atom. The Bertz CT molecular complexity index is 790. The summed E-state index contributed by atoms with van der Waals surface area (Å²) in [6.45, 7) is 2.83. The maximum atomic E-state index is 12.9. The highest BCUT2D eigenvalue weighted by molar-refractivity contribution is 6.33. The number of fused-ring (bicyclic) bond motifs is 1. The zero-order valence-electron chi connectivity index (χ0n) is 16.6. The predicted octanol–water partition coefficient (Wildman–Crippen LogP) is 1.29. The van der Waals surface area contributed by atoms with E-state index >= 15 is 0 Å². The molecule has 1 fully saturated rings. The van der Waals surface area contributed by atoms with Crippen molar-refractivity contribution in [2.45, 2.75) is 25.0 Å². The molecule has 0 unspecified atom stereocenters. The zero-order chi connectivity index (χ0) is 21.1. The van der Waals surface area contributed by atoms with Gasteiger partial charge in [-0.15, -0.1) is 0 Å². The van der Waals surface area contributed by atoms with Gasteiger partial charge in [0.2, 0.25) is 0 Å². The lowest BCUT2D eigenvalue weighted by molar-refractivity contribution is 0.00480. The highest BCUT2D eigenvalue weighted by Crippen LogP contribution is 2.38. The lowest BCUT2D eigenvalue weighted by Crippen LogP contribution is -2.55. The van der Waals surface area contributed by atoms with Crippen molar-refractivity contribution in [2.75, 3.05) is 52.7 Å². The van der Waals surface area contributed by atoms with Gasteiger partial charge < -0.3 is 30.5 Å². The first-order valence-corrected chi connectivity index (χ1v) is 9.93. The van der Waals surface area contributed by atoms with Crippen molar-refractivity contribution in [3.63, 3.8) is 0 Å². The van der Waals surface area contributed by atoms with E-state index in [0.717, 1.165) is 12.1 Å². The minimum absolute atomic E-state index is 0.172. The van der Waals surface area contributed by atoms with Crippen LogP contribution in [0.5, 0.6) is 5.75 Å². The topological polar surface area (TPSA) is 117 Å². The number of carbonyl (C=O) groups is 2. The van der Waals surface area contributed by atoms with E-state index < -0.39 is 6.09 Å². The van der Waals surface area contributed by atoms with Crippen LogP contribution >= 0.6 is 11.6 Å². The molecule has 0 aliphatic carbocycles. The van der Waals surface area contributed by atoms with Crippen LogP contribution < -0.4 is 15.8 Å². The van der Waals surface area contributed by atoms with Gasteiger partial charge in [-0.1, -0.05) is 11.6 Å². The van der Waals surface area contributed by atoms with Gasteiger partial charge in [0.1, 0.15) is 5.75 Å². The second-order valence-corrected chi connectivity index (χ2v) is 7.78. The third-order valence-electron chi connectivity index (χ3n) is 5.56. The lowest BCUT2D eigenvalue weighted by Gasteiger charge is -2.38. The number of piperidine rings is 1. The SMILES string of the molecule is CO[C@@H]1CN(CCN(C)C(=O)O)CC[C@@H]1NC(=O)c1cc(Cl)c(N)c2c1OCC2. The number of benzene rings is 1. The summed E-state index contributed by atoms with van der Waals surface area (Å²) in [5.74, 6) is 0.240. The third kappa shape index (κ3) is 4.68. The molecule has 2 aliphatic heterocycles. The molecule has 10 heteroatoms. The van der Waals surface area contributed by atoms with Crippen molar-refractivity contribution in [3.8, 4) is 5.75 Å². The van der Waals surface area contributed by atoms with E-state index in [4.69, 9.17) is 31.9 Å². The van der Waals surface area contributed by atoms with Crippen LogP contribution in [0.1, 0.15) is 22.3 Å². The van der Waals surface area contributed by atoms with Gasteiger partial charge in [0.15, 0.2) is 0 Å². The third-order valence-corrected chi connectivity index (χ3v) is 5.87. The molecule has 4 N–H and O–H groups in total. The van der Waals surface area contributed by atoms with Gasteiger partial charge in [-0.05, 0) is 12.5 Å². The van der Waals surface area contributed by atoms with Gasteiger partial charge in [0.25, 0.3) is 5.91 Å². The van der Waals surface area contributed by atoms with Crippen LogP contribution in [0, 0.1) is 0 Å². The number of halogens is 1. The summed E-state index contributed by atoms with van der Waals surface area (Å²) >= 11 is 6.20. The van der Waals surface area contributed by atoms with Gasteiger partial charge in [-0.2, -0.15) is 0 Å². The van der Waals surface area contributed by atoms with Crippen molar-refractivity contribution in [3.05, 3.63) is 22.2 Å². The molecule has 2 heterocycles. The molecule has 0 aromatic heterocycles. The van der Waals surface area contributed by atoms with Crippen molar-refractivity contribution in [2.24, 2.45) is 0 Å². The first kappa shape index (κ1) is 21.5. The predicted molar refractivity (Wildman–Crippen MR) is 109 cm³/mol. The van der Waals surface area contributed by atoms with Crippen LogP contribution in [0.2, 0.25) is 5.02 Å². The first-order chi connectivity index (χ1) is 13.8. The second-order valence-electron chi connectivity index (χ2n) is 7.37. The molecule has 0 bridgehead atoms. The Morgan fingerprint density at radius 3 is 2.97 bits per heavy atom. The summed E-state index contributed by atoms with van der Waals surface area (Å²) in [5.41, 5.74) is 7.64. The monoisotopic (exact) mass is 426 g/mol. The van der Waals surface area contributed by atoms with Gasteiger partial charge in [0, 0.05) is 52.3 Å². The van der Waals surface area contributed by atoms with Crippen LogP contribution in [0.3, 0.4) is 0 Å². The number of ether oxygens (including phenoxy) is 2. The number of nitrogen functional groups attached to an aromatic ring is 1. The van der Waals surface area contributed by atoms with Crippen LogP contribution in [0.15, 0.2) is 6.07 Å². The molecule has 1 aromatic carbocycles. The number of hydrogen-bond acceptors (Lipinski definition) is 6. The number of likely N-dealkylation sites (tertiary alicyclic amines) is 1. The van der Waals surface area contributed by atoms with E-state index in [0.29, 0.717) is 61.1 Å². The smallest absolute Gasteiger partial charge is 0.407 e. The maximum absolute atomic E-state index is 12.9. The fourth-order valence-electron chi connectivity index (χ4n) is 3.76. The molecule has 160 valence electrons. The number of nitrogens with one attached hydrogen (secondary N) is 1. The number of nitrogens with zero attached hydrogens (tertiary/aromatic N) is 2. The van der Waals surface area contributed by atoms with Crippen LogP contribution in [-0.2, 0) is 11.2 Å². The van der Waals surface area contributed by atoms with Crippen molar-refractivity contribution in [1.82, 2.24) is 15.1 Å². The van der Waals surface area contributed by atoms with E-state index in [1.165, 1.54) is 4.90 Å². The largest absolute Gasteiger partial charge is 0.492 e. The Kier molecular flexibility index (Phi) is 6.71. The molecule has 2 aliphatic rings. The first-order valence-electron chi connectivity index (χ1n) is 9.55. The van der Waals surface area contributed by atoms with Crippen LogP contribution in [-0.4, -0.2) is 86.0 Å². The molecule has 2 amide bonds. The minimum Gasteiger partial charge on any atom is -0.492 e. The minimum atomic E-state index is -0.952. The molecule has 0 saturated carbocycles. The normalized spacial score (nSPS) is 21.3. The fraction of sp³-hybridized carbons (Fsp3) is 0.579. The number of carboxylic acid groups (broad SMARTS) is 1. The van der Waals surface area contributed by atoms with Crippen molar-refractivity contribution in [1.29, 1.82) is 0 Å². The van der Waals surface area contributed by atoms with Crippen molar-refractivity contribution >= 4 is 29.3 Å². The quantitative estimate of drug-likeness (QED) is 0.586. The molecular formula is C19H27ClN4O5. The molecular weight excluding hydrogens is 400 g/mol. The van der Waals surface area contributed by atoms with E-state index in [2.05, 4.69) is 10.2 Å². The summed E-state index contributed by atoms with van der Waals surface area (Å²) in [6.07, 6.45) is 0.159. The van der Waals surface area contributed by atoms with Gasteiger partial charge in [0.05, 0.1) is 35.0 Å². The highest BCUT2D eigenvalue weighted by Gasteiger charge is 2.32. The van der Waals surface area contributed by atoms with Crippen molar-refractivity contribution < 1.29 is 24.2 Å². The van der Waals surface area contributed by atoms with Crippen LogP contribution in [0.25, 0.3) is 0 Å². The number of likely N-dealkylation sites (N-methyl/N-ethyl adjacent to an activating group) is 1. The molecule has 1 aromatic rings. The number of methoxy groups -OCH3 is 1. The molecule has 3 rings (SSSR count). The maximum Gasteiger partial charge on any atom is 0.407 e. The Balaban J connectivity index is 1.64. The van der Waals surface area contributed by atoms with E-state index in [9.17, 15) is 9.59 Å². The Morgan fingerprint density at radius 2 is 2.28 bits per heavy atom. The van der Waals surface area contributed by atoms with Gasteiger partial charge >= 0.3 is 6.09 Å². The number of hydrogen-bond donors (Lipinski definition) is 3. The second kappa shape index (κ2) is 9.06. The number of rotatable bonds is 6. The van der Waals surface area contributed by atoms with Gasteiger partial charge in [-0.3, -0.25) is 9.69 Å². The molecule has 0 radical (unpaired) electrons. The number of amides is 2. The summed E-state index contributed by atoms with van der Waals surface area (Å²) in [6, 6.07) is 1.38. The zero-order valence-corrected chi connectivity index (χ0v) is 17.4. The molecule has 9 nitrogen and oxygen atoms in total. The fourth-order valence-corrected chi connectivity index (χ4v) is 3.98. The standard InChI is InChI=1S/C19H27ClN4O5/c1-23(19(26)27)6-7-24-5-3-14(15(10-24)28-2)22-18(25)12-9-13(20)16(21)11-4-8-29-17(11)12/h9,14-15H,3-8,10,21H2,1-2H3,(H,22,25)(H,26,27)/t14-,15+/m0/s1. The molecule has 29 heavy (non-hydrogen) atoms. The molecule has 1 saturated heterocycles. The van der Waals surface area contributed by atoms with E-state index in [1.54, 1.807) is 20.2 Å². The highest BCUT2D eigenvalue weighted by atomic mass is 35.5. The summed E-state index contributed by atoms with van der Waals surface area (Å²) in [5, 5.41) is 12.4.